The number of ether oxygens (including phenoxy) is 2. The number of rotatable bonds is 5. The van der Waals surface area contributed by atoms with E-state index in [4.69, 9.17) is 20.9 Å². The second-order valence-corrected chi connectivity index (χ2v) is 3.53. The van der Waals surface area contributed by atoms with Crippen LogP contribution in [0.5, 0.6) is 11.5 Å². The van der Waals surface area contributed by atoms with Crippen molar-refractivity contribution in [3.63, 3.8) is 0 Å². The molecule has 2 heterocycles. The summed E-state index contributed by atoms with van der Waals surface area (Å²) in [5, 5.41) is 0. The molecule has 94 valence electrons. The van der Waals surface area contributed by atoms with Crippen molar-refractivity contribution >= 4 is 11.6 Å². The summed E-state index contributed by atoms with van der Waals surface area (Å²) < 4.78 is 10.8. The molecule has 0 fully saturated rings. The molecule has 0 aliphatic carbocycles. The lowest BCUT2D eigenvalue weighted by atomic mass is 10.4. The zero-order valence-electron chi connectivity index (χ0n) is 9.74. The van der Waals surface area contributed by atoms with Crippen molar-refractivity contribution in [1.29, 1.82) is 0 Å². The van der Waals surface area contributed by atoms with E-state index in [1.807, 2.05) is 0 Å². The first-order valence-electron chi connectivity index (χ1n) is 5.43. The highest BCUT2D eigenvalue weighted by Gasteiger charge is 1.96. The van der Waals surface area contributed by atoms with Crippen LogP contribution in [0.3, 0.4) is 0 Å². The number of anilines is 2. The van der Waals surface area contributed by atoms with Gasteiger partial charge in [0.1, 0.15) is 36.3 Å². The molecule has 0 bridgehead atoms. The lowest BCUT2D eigenvalue weighted by molar-refractivity contribution is 0.216. The molecule has 0 radical (unpaired) electrons. The highest BCUT2D eigenvalue weighted by atomic mass is 16.5. The van der Waals surface area contributed by atoms with E-state index < -0.39 is 0 Å². The Morgan fingerprint density at radius 3 is 1.56 bits per heavy atom. The first-order chi connectivity index (χ1) is 8.74. The first-order valence-corrected chi connectivity index (χ1v) is 5.43. The van der Waals surface area contributed by atoms with E-state index in [1.165, 1.54) is 0 Å². The third-order valence-electron chi connectivity index (χ3n) is 2.14. The fraction of sp³-hybridized carbons (Fsp3) is 0.167. The molecule has 0 aromatic carbocycles. The van der Waals surface area contributed by atoms with E-state index >= 15 is 0 Å². The second-order valence-electron chi connectivity index (χ2n) is 3.53. The number of aromatic nitrogens is 2. The van der Waals surface area contributed by atoms with Crippen molar-refractivity contribution in [2.45, 2.75) is 0 Å². The molecule has 0 saturated carbocycles. The third-order valence-corrected chi connectivity index (χ3v) is 2.14. The summed E-state index contributed by atoms with van der Waals surface area (Å²) in [7, 11) is 0. The molecule has 6 nitrogen and oxygen atoms in total. The van der Waals surface area contributed by atoms with Gasteiger partial charge < -0.3 is 20.9 Å². The smallest absolute Gasteiger partial charge is 0.137 e. The molecule has 2 aromatic rings. The molecule has 0 aliphatic heterocycles. The van der Waals surface area contributed by atoms with Gasteiger partial charge in [-0.25, -0.2) is 9.97 Å². The maximum atomic E-state index is 5.46. The van der Waals surface area contributed by atoms with Crippen LogP contribution in [0, 0.1) is 0 Å². The van der Waals surface area contributed by atoms with Gasteiger partial charge in [0.15, 0.2) is 0 Å². The minimum Gasteiger partial charge on any atom is -0.488 e. The number of hydrogen-bond donors (Lipinski definition) is 2. The molecule has 6 heteroatoms. The molecule has 0 atom stereocenters. The van der Waals surface area contributed by atoms with Gasteiger partial charge in [-0.1, -0.05) is 0 Å². The number of hydrogen-bond acceptors (Lipinski definition) is 6. The summed E-state index contributed by atoms with van der Waals surface area (Å²) in [6, 6.07) is 6.88. The Labute approximate surface area is 105 Å². The Morgan fingerprint density at radius 1 is 0.778 bits per heavy atom. The van der Waals surface area contributed by atoms with Crippen LogP contribution in [0.15, 0.2) is 36.7 Å². The summed E-state index contributed by atoms with van der Waals surface area (Å²) in [5.41, 5.74) is 10.9. The maximum absolute atomic E-state index is 5.46. The van der Waals surface area contributed by atoms with Crippen LogP contribution in [-0.2, 0) is 0 Å². The molecule has 2 aromatic heterocycles. The molecule has 0 spiro atoms. The quantitative estimate of drug-likeness (QED) is 0.767. The van der Waals surface area contributed by atoms with Gasteiger partial charge in [-0.05, 0) is 24.3 Å². The van der Waals surface area contributed by atoms with Crippen molar-refractivity contribution in [3.05, 3.63) is 36.7 Å². The summed E-state index contributed by atoms with van der Waals surface area (Å²) in [6.45, 7) is 0.825. The van der Waals surface area contributed by atoms with Gasteiger partial charge in [0.05, 0.1) is 12.4 Å². The highest BCUT2D eigenvalue weighted by molar-refractivity contribution is 5.32. The van der Waals surface area contributed by atoms with Crippen LogP contribution in [0.1, 0.15) is 0 Å². The van der Waals surface area contributed by atoms with Gasteiger partial charge in [-0.3, -0.25) is 0 Å². The SMILES string of the molecule is Nc1ccc(OCCOc2ccc(N)nc2)cn1. The van der Waals surface area contributed by atoms with Crippen LogP contribution in [0.25, 0.3) is 0 Å². The molecule has 4 N–H and O–H groups in total. The van der Waals surface area contributed by atoms with Gasteiger partial charge in [-0.2, -0.15) is 0 Å². The van der Waals surface area contributed by atoms with E-state index in [-0.39, 0.29) is 0 Å². The van der Waals surface area contributed by atoms with Gasteiger partial charge in [0, 0.05) is 0 Å². The summed E-state index contributed by atoms with van der Waals surface area (Å²) in [5.74, 6) is 2.24. The van der Waals surface area contributed by atoms with Gasteiger partial charge >= 0.3 is 0 Å². The average Bonchev–Trinajstić information content (AvgIpc) is 2.39. The molecule has 0 amide bonds. The normalized spacial score (nSPS) is 10.0. The summed E-state index contributed by atoms with van der Waals surface area (Å²) >= 11 is 0. The highest BCUT2D eigenvalue weighted by Crippen LogP contribution is 2.11. The van der Waals surface area contributed by atoms with E-state index in [0.717, 1.165) is 0 Å². The van der Waals surface area contributed by atoms with Crippen molar-refractivity contribution in [2.24, 2.45) is 0 Å². The number of nitrogen functional groups attached to an aromatic ring is 2. The van der Waals surface area contributed by atoms with Crippen LogP contribution in [-0.4, -0.2) is 23.2 Å². The number of nitrogens with zero attached hydrogens (tertiary/aromatic N) is 2. The third kappa shape index (κ3) is 3.51. The Kier molecular flexibility index (Phi) is 3.80. The van der Waals surface area contributed by atoms with Crippen molar-refractivity contribution < 1.29 is 9.47 Å². The first kappa shape index (κ1) is 12.0. The maximum Gasteiger partial charge on any atom is 0.137 e. The van der Waals surface area contributed by atoms with E-state index in [0.29, 0.717) is 36.3 Å². The topological polar surface area (TPSA) is 96.3 Å². The van der Waals surface area contributed by atoms with Gasteiger partial charge in [0.25, 0.3) is 0 Å². The summed E-state index contributed by atoms with van der Waals surface area (Å²) in [4.78, 5) is 7.83. The minimum absolute atomic E-state index is 0.413. The Hall–Kier alpha value is -2.50. The van der Waals surface area contributed by atoms with Crippen molar-refractivity contribution in [3.8, 4) is 11.5 Å². The monoisotopic (exact) mass is 246 g/mol. The fourth-order valence-corrected chi connectivity index (χ4v) is 1.27. The van der Waals surface area contributed by atoms with Gasteiger partial charge in [0.2, 0.25) is 0 Å². The zero-order chi connectivity index (χ0) is 12.8. The fourth-order valence-electron chi connectivity index (χ4n) is 1.27. The molecular formula is C12H14N4O2. The molecule has 0 saturated heterocycles. The number of nitrogens with two attached hydrogens (primary N) is 2. The van der Waals surface area contributed by atoms with E-state index in [2.05, 4.69) is 9.97 Å². The Bertz CT molecular complexity index is 437. The number of pyridine rings is 2. The Morgan fingerprint density at radius 2 is 1.22 bits per heavy atom. The molecule has 2 rings (SSSR count). The van der Waals surface area contributed by atoms with Crippen molar-refractivity contribution in [2.75, 3.05) is 24.7 Å². The van der Waals surface area contributed by atoms with Crippen LogP contribution >= 0.6 is 0 Å². The standard InChI is InChI=1S/C12H14N4O2/c13-11-3-1-9(7-15-11)17-5-6-18-10-2-4-12(14)16-8-10/h1-4,7-8H,5-6H2,(H2,13,15)(H2,14,16). The molecule has 0 unspecified atom stereocenters. The average molecular weight is 246 g/mol. The predicted octanol–water partition coefficient (Wildman–Crippen LogP) is 1.10. The van der Waals surface area contributed by atoms with Crippen LogP contribution < -0.4 is 20.9 Å². The zero-order valence-corrected chi connectivity index (χ0v) is 9.74. The lowest BCUT2D eigenvalue weighted by Gasteiger charge is -2.07. The van der Waals surface area contributed by atoms with Crippen LogP contribution in [0.4, 0.5) is 11.6 Å². The lowest BCUT2D eigenvalue weighted by Crippen LogP contribution is -2.09. The second kappa shape index (κ2) is 5.72. The summed E-state index contributed by atoms with van der Waals surface area (Å²) in [6.07, 6.45) is 3.14. The van der Waals surface area contributed by atoms with Gasteiger partial charge in [-0.15, -0.1) is 0 Å². The van der Waals surface area contributed by atoms with E-state index in [9.17, 15) is 0 Å². The van der Waals surface area contributed by atoms with Crippen molar-refractivity contribution in [1.82, 2.24) is 9.97 Å². The molecule has 0 aliphatic rings. The largest absolute Gasteiger partial charge is 0.488 e. The Balaban J connectivity index is 1.73. The predicted molar refractivity (Wildman–Crippen MR) is 68.3 cm³/mol. The minimum atomic E-state index is 0.413. The molecule has 18 heavy (non-hydrogen) atoms. The molecular weight excluding hydrogens is 232 g/mol. The van der Waals surface area contributed by atoms with Crippen LogP contribution in [0.2, 0.25) is 0 Å². The van der Waals surface area contributed by atoms with E-state index in [1.54, 1.807) is 36.7 Å².